The number of hydrogen-bond donors (Lipinski definition) is 0. The number of carbonyl (C=O) groups is 2. The molecule has 1 aliphatic rings. The van der Waals surface area contributed by atoms with E-state index in [4.69, 9.17) is 21.1 Å². The first-order valence-corrected chi connectivity index (χ1v) is 10.1. The molecule has 2 aromatic carbocycles. The third-order valence-electron chi connectivity index (χ3n) is 4.24. The summed E-state index contributed by atoms with van der Waals surface area (Å²) in [7, 11) is 1.44. The van der Waals surface area contributed by atoms with Crippen LogP contribution in [0.25, 0.3) is 6.08 Å². The summed E-state index contributed by atoms with van der Waals surface area (Å²) in [5.41, 5.74) is 1.10. The first kappa shape index (κ1) is 22.4. The minimum absolute atomic E-state index is 0.0392. The minimum Gasteiger partial charge on any atom is -0.493 e. The van der Waals surface area contributed by atoms with E-state index >= 15 is 0 Å². The van der Waals surface area contributed by atoms with Crippen molar-refractivity contribution in [3.8, 4) is 11.5 Å². The number of methoxy groups -OCH3 is 1. The molecule has 0 saturated carbocycles. The number of imide groups is 1. The molecule has 0 N–H and O–H groups in total. The van der Waals surface area contributed by atoms with Gasteiger partial charge in [0.15, 0.2) is 11.5 Å². The molecule has 0 radical (unpaired) electrons. The van der Waals surface area contributed by atoms with Crippen molar-refractivity contribution in [2.24, 2.45) is 0 Å². The summed E-state index contributed by atoms with van der Waals surface area (Å²) >= 11 is 7.20. The molecule has 2 amide bonds. The summed E-state index contributed by atoms with van der Waals surface area (Å²) in [5, 5.41) is 10.8. The summed E-state index contributed by atoms with van der Waals surface area (Å²) in [6, 6.07) is 9.26. The van der Waals surface area contributed by atoms with Gasteiger partial charge in [0.1, 0.15) is 6.61 Å². The van der Waals surface area contributed by atoms with Gasteiger partial charge >= 0.3 is 0 Å². The predicted molar refractivity (Wildman–Crippen MR) is 118 cm³/mol. The smallest absolute Gasteiger partial charge is 0.293 e. The highest BCUT2D eigenvalue weighted by Gasteiger charge is 2.34. The number of ether oxygens (including phenoxy) is 2. The molecule has 0 spiro atoms. The third-order valence-corrected chi connectivity index (χ3v) is 5.43. The fraction of sp³-hybridized carbons (Fsp3) is 0.143. The standard InChI is InChI=1S/C21H17ClN2O6S/c1-3-7-23-20(25)18(31-21(23)26)11-14-9-16(22)19(17(10-14)29-2)30-12-13-5-4-6-15(8-13)24(27)28/h3-6,8-11H,1,7,12H2,2H3/b18-11+. The van der Waals surface area contributed by atoms with Gasteiger partial charge in [0.05, 0.1) is 22.0 Å². The third kappa shape index (κ3) is 5.07. The van der Waals surface area contributed by atoms with E-state index in [0.29, 0.717) is 16.9 Å². The molecular weight excluding hydrogens is 444 g/mol. The Labute approximate surface area is 187 Å². The van der Waals surface area contributed by atoms with Gasteiger partial charge in [-0.15, -0.1) is 6.58 Å². The van der Waals surface area contributed by atoms with Gasteiger partial charge < -0.3 is 9.47 Å². The maximum absolute atomic E-state index is 12.4. The maximum Gasteiger partial charge on any atom is 0.293 e. The van der Waals surface area contributed by atoms with Crippen molar-refractivity contribution in [1.29, 1.82) is 0 Å². The molecular formula is C21H17ClN2O6S. The quantitative estimate of drug-likeness (QED) is 0.235. The molecule has 1 fully saturated rings. The van der Waals surface area contributed by atoms with Gasteiger partial charge in [-0.1, -0.05) is 29.8 Å². The molecule has 0 atom stereocenters. The highest BCUT2D eigenvalue weighted by molar-refractivity contribution is 8.18. The number of thioether (sulfide) groups is 1. The van der Waals surface area contributed by atoms with Gasteiger partial charge in [-0.05, 0) is 41.1 Å². The zero-order valence-electron chi connectivity index (χ0n) is 16.4. The van der Waals surface area contributed by atoms with Crippen molar-refractivity contribution >= 4 is 46.3 Å². The summed E-state index contributed by atoms with van der Waals surface area (Å²) < 4.78 is 11.1. The van der Waals surface area contributed by atoms with E-state index in [0.717, 1.165) is 16.7 Å². The van der Waals surface area contributed by atoms with Gasteiger partial charge in [0.25, 0.3) is 16.8 Å². The zero-order chi connectivity index (χ0) is 22.5. The summed E-state index contributed by atoms with van der Waals surface area (Å²) in [6.07, 6.45) is 3.03. The summed E-state index contributed by atoms with van der Waals surface area (Å²) in [6.45, 7) is 3.72. The Bertz CT molecular complexity index is 1100. The van der Waals surface area contributed by atoms with Crippen LogP contribution in [0.5, 0.6) is 11.5 Å². The van der Waals surface area contributed by atoms with Crippen molar-refractivity contribution < 1.29 is 24.0 Å². The second kappa shape index (κ2) is 9.67. The van der Waals surface area contributed by atoms with Crippen LogP contribution in [0.4, 0.5) is 10.5 Å². The Kier molecular flexibility index (Phi) is 6.98. The lowest BCUT2D eigenvalue weighted by molar-refractivity contribution is -0.384. The van der Waals surface area contributed by atoms with Gasteiger partial charge in [-0.25, -0.2) is 0 Å². The van der Waals surface area contributed by atoms with Crippen molar-refractivity contribution in [3.05, 3.63) is 80.2 Å². The molecule has 0 aliphatic carbocycles. The predicted octanol–water partition coefficient (Wildman–Crippen LogP) is 5.06. The number of amides is 2. The number of hydrogen-bond acceptors (Lipinski definition) is 7. The molecule has 0 unspecified atom stereocenters. The number of halogens is 1. The van der Waals surface area contributed by atoms with Crippen molar-refractivity contribution in [3.63, 3.8) is 0 Å². The molecule has 31 heavy (non-hydrogen) atoms. The number of nitrogens with zero attached hydrogens (tertiary/aromatic N) is 2. The van der Waals surface area contributed by atoms with Crippen LogP contribution in [0.15, 0.2) is 54.0 Å². The van der Waals surface area contributed by atoms with Crippen molar-refractivity contribution in [2.75, 3.05) is 13.7 Å². The Morgan fingerprint density at radius 1 is 1.29 bits per heavy atom. The fourth-order valence-electron chi connectivity index (χ4n) is 2.82. The molecule has 0 aromatic heterocycles. The Balaban J connectivity index is 1.83. The summed E-state index contributed by atoms with van der Waals surface area (Å²) in [4.78, 5) is 36.2. The topological polar surface area (TPSA) is 99.0 Å². The molecule has 3 rings (SSSR count). The lowest BCUT2D eigenvalue weighted by Crippen LogP contribution is -2.27. The van der Waals surface area contributed by atoms with Crippen LogP contribution in [-0.4, -0.2) is 34.6 Å². The lowest BCUT2D eigenvalue weighted by Gasteiger charge is -2.13. The number of nitro benzene ring substituents is 1. The van der Waals surface area contributed by atoms with Crippen LogP contribution < -0.4 is 9.47 Å². The van der Waals surface area contributed by atoms with E-state index in [1.165, 1.54) is 25.3 Å². The average Bonchev–Trinajstić information content (AvgIpc) is 3.00. The Morgan fingerprint density at radius 3 is 2.74 bits per heavy atom. The lowest BCUT2D eigenvalue weighted by atomic mass is 10.1. The van der Waals surface area contributed by atoms with Crippen LogP contribution in [0.1, 0.15) is 11.1 Å². The van der Waals surface area contributed by atoms with Gasteiger partial charge in [-0.3, -0.25) is 24.6 Å². The largest absolute Gasteiger partial charge is 0.493 e. The van der Waals surface area contributed by atoms with E-state index in [1.807, 2.05) is 0 Å². The second-order valence-corrected chi connectivity index (χ2v) is 7.73. The van der Waals surface area contributed by atoms with Gasteiger partial charge in [0.2, 0.25) is 0 Å². The number of nitro groups is 1. The van der Waals surface area contributed by atoms with Gasteiger partial charge in [-0.2, -0.15) is 0 Å². The SMILES string of the molecule is C=CCN1C(=O)S/C(=C/c2cc(Cl)c(OCc3cccc([N+](=O)[O-])c3)c(OC)c2)C1=O. The Morgan fingerprint density at radius 2 is 2.06 bits per heavy atom. The highest BCUT2D eigenvalue weighted by atomic mass is 35.5. The minimum atomic E-state index is -0.484. The molecule has 0 bridgehead atoms. The van der Waals surface area contributed by atoms with E-state index in [1.54, 1.807) is 30.3 Å². The molecule has 1 aliphatic heterocycles. The molecule has 1 saturated heterocycles. The normalized spacial score (nSPS) is 14.8. The van der Waals surface area contributed by atoms with E-state index in [-0.39, 0.29) is 39.8 Å². The number of carbonyl (C=O) groups excluding carboxylic acids is 2. The van der Waals surface area contributed by atoms with E-state index in [9.17, 15) is 19.7 Å². The molecule has 1 heterocycles. The van der Waals surface area contributed by atoms with Crippen LogP contribution in [0, 0.1) is 10.1 Å². The zero-order valence-corrected chi connectivity index (χ0v) is 17.9. The molecule has 160 valence electrons. The number of rotatable bonds is 8. The number of benzene rings is 2. The van der Waals surface area contributed by atoms with Crippen molar-refractivity contribution in [2.45, 2.75) is 6.61 Å². The molecule has 2 aromatic rings. The van der Waals surface area contributed by atoms with Crippen molar-refractivity contribution in [1.82, 2.24) is 4.90 Å². The molecule has 10 heteroatoms. The maximum atomic E-state index is 12.4. The van der Waals surface area contributed by atoms with Crippen LogP contribution in [0.3, 0.4) is 0 Å². The van der Waals surface area contributed by atoms with Crippen LogP contribution in [-0.2, 0) is 11.4 Å². The van der Waals surface area contributed by atoms with Crippen LogP contribution >= 0.6 is 23.4 Å². The monoisotopic (exact) mass is 460 g/mol. The van der Waals surface area contributed by atoms with Crippen LogP contribution in [0.2, 0.25) is 5.02 Å². The fourth-order valence-corrected chi connectivity index (χ4v) is 3.94. The Hall–Kier alpha value is -3.30. The summed E-state index contributed by atoms with van der Waals surface area (Å²) in [5.74, 6) is 0.165. The number of non-ortho nitro benzene ring substituents is 1. The van der Waals surface area contributed by atoms with Gasteiger partial charge in [0, 0.05) is 18.7 Å². The average molecular weight is 461 g/mol. The first-order chi connectivity index (χ1) is 14.8. The highest BCUT2D eigenvalue weighted by Crippen LogP contribution is 2.39. The first-order valence-electron chi connectivity index (χ1n) is 8.94. The van der Waals surface area contributed by atoms with E-state index in [2.05, 4.69) is 6.58 Å². The second-order valence-electron chi connectivity index (χ2n) is 6.33. The molecule has 8 nitrogen and oxygen atoms in total. The van der Waals surface area contributed by atoms with E-state index < -0.39 is 10.8 Å².